The van der Waals surface area contributed by atoms with Gasteiger partial charge in [-0.25, -0.2) is 0 Å². The molecule has 4 rings (SSSR count). The Labute approximate surface area is 138 Å². The van der Waals surface area contributed by atoms with Crippen molar-refractivity contribution in [3.8, 4) is 0 Å². The second-order valence-corrected chi connectivity index (χ2v) is 8.65. The van der Waals surface area contributed by atoms with Crippen molar-refractivity contribution >= 4 is 6.08 Å². The van der Waals surface area contributed by atoms with Crippen LogP contribution < -0.4 is 24.8 Å². The van der Waals surface area contributed by atoms with Crippen molar-refractivity contribution in [2.24, 2.45) is 0 Å². The summed E-state index contributed by atoms with van der Waals surface area (Å²) in [7, 11) is 0. The Morgan fingerprint density at radius 1 is 1.05 bits per heavy atom. The molecule has 0 saturated heterocycles. The van der Waals surface area contributed by atoms with E-state index in [-0.39, 0.29) is 24.8 Å². The third-order valence-corrected chi connectivity index (χ3v) is 8.58. The Kier molecular flexibility index (Phi) is 4.93. The number of hydrogen-bond acceptors (Lipinski definition) is 0. The van der Waals surface area contributed by atoms with Crippen molar-refractivity contribution in [3.63, 3.8) is 0 Å². The maximum atomic E-state index is 2.48. The Hall–Kier alpha value is -0.0969. The summed E-state index contributed by atoms with van der Waals surface area (Å²) in [5, 5.41) is 0. The molecule has 1 aromatic rings. The molecule has 96 valence electrons. The van der Waals surface area contributed by atoms with Crippen LogP contribution in [0.5, 0.6) is 0 Å². The molecule has 3 heteroatoms. The van der Waals surface area contributed by atoms with Crippen molar-refractivity contribution in [1.29, 1.82) is 0 Å². The summed E-state index contributed by atoms with van der Waals surface area (Å²) in [6, 6.07) is 9.03. The first kappa shape index (κ1) is 15.3. The number of benzene rings is 1. The van der Waals surface area contributed by atoms with Gasteiger partial charge in [-0.1, -0.05) is 0 Å². The summed E-state index contributed by atoms with van der Waals surface area (Å²) in [6.07, 6.45) is 11.1. The van der Waals surface area contributed by atoms with E-state index in [0.29, 0.717) is 0 Å². The van der Waals surface area contributed by atoms with Gasteiger partial charge in [-0.2, -0.15) is 0 Å². The van der Waals surface area contributed by atoms with Crippen LogP contribution in [0, 0.1) is 0 Å². The molecule has 0 spiro atoms. The van der Waals surface area contributed by atoms with Crippen molar-refractivity contribution in [1.82, 2.24) is 0 Å². The molecular weight excluding hydrogens is 354 g/mol. The van der Waals surface area contributed by atoms with Crippen LogP contribution in [-0.4, -0.2) is 0 Å². The topological polar surface area (TPSA) is 0 Å². The van der Waals surface area contributed by atoms with Gasteiger partial charge in [0.05, 0.1) is 0 Å². The molecule has 0 bridgehead atoms. The van der Waals surface area contributed by atoms with Crippen LogP contribution in [-0.2, 0) is 23.2 Å². The van der Waals surface area contributed by atoms with Gasteiger partial charge in [0.25, 0.3) is 0 Å². The second kappa shape index (κ2) is 6.12. The van der Waals surface area contributed by atoms with Crippen LogP contribution in [0.3, 0.4) is 0 Å². The van der Waals surface area contributed by atoms with Gasteiger partial charge in [0, 0.05) is 0 Å². The summed E-state index contributed by atoms with van der Waals surface area (Å²) in [5.41, 5.74) is 6.57. The van der Waals surface area contributed by atoms with Gasteiger partial charge in [-0.3, -0.25) is 0 Å². The molecule has 2 aliphatic carbocycles. The molecule has 0 radical (unpaired) electrons. The minimum Gasteiger partial charge on any atom is -1.00 e. The fourth-order valence-corrected chi connectivity index (χ4v) is 7.61. The predicted octanol–water partition coefficient (Wildman–Crippen LogP) is -1.78. The Morgan fingerprint density at radius 2 is 1.89 bits per heavy atom. The van der Waals surface area contributed by atoms with Crippen LogP contribution in [0.25, 0.3) is 6.08 Å². The van der Waals surface area contributed by atoms with Gasteiger partial charge in [0.2, 0.25) is 0 Å². The zero-order valence-electron chi connectivity index (χ0n) is 10.5. The zero-order valence-corrected chi connectivity index (χ0v) is 14.5. The van der Waals surface area contributed by atoms with E-state index in [1.807, 2.05) is 3.28 Å². The molecular formula is C16H14Cl2Zr. The van der Waals surface area contributed by atoms with Crippen LogP contribution in [0.4, 0.5) is 0 Å². The van der Waals surface area contributed by atoms with E-state index in [1.165, 1.54) is 24.8 Å². The molecule has 3 aliphatic rings. The summed E-state index contributed by atoms with van der Waals surface area (Å²) in [5.74, 6) is 0. The van der Waals surface area contributed by atoms with Gasteiger partial charge >= 0.3 is 114 Å². The van der Waals surface area contributed by atoms with E-state index in [9.17, 15) is 0 Å². The first-order chi connectivity index (χ1) is 8.42. The Morgan fingerprint density at radius 3 is 2.79 bits per heavy atom. The summed E-state index contributed by atoms with van der Waals surface area (Å²) >= 11 is -0.438. The number of allylic oxidation sites excluding steroid dienone is 5. The molecule has 1 aliphatic heterocycles. The van der Waals surface area contributed by atoms with E-state index in [0.717, 1.165) is 3.63 Å². The van der Waals surface area contributed by atoms with Crippen LogP contribution >= 0.6 is 0 Å². The number of fused-ring (bicyclic) bond motifs is 3. The molecule has 1 atom stereocenters. The maximum absolute atomic E-state index is 2.48. The van der Waals surface area contributed by atoms with E-state index < -0.39 is 23.2 Å². The standard InChI is InChI=1S/C16H14.2ClH.Zr/c1-2-6-13(5-1)9-10-14-11-15-7-3-4-8-16(15)12-14;;;/h1,3-5,7-8,11-12H,2,9-10H2;2*1H;/q;;;+2/p-2. The monoisotopic (exact) mass is 366 g/mol. The fourth-order valence-electron chi connectivity index (χ4n) is 3.16. The third-order valence-electron chi connectivity index (χ3n) is 4.05. The largest absolute Gasteiger partial charge is 1.00 e. The molecule has 0 nitrogen and oxygen atoms in total. The van der Waals surface area contributed by atoms with E-state index >= 15 is 0 Å². The Bertz CT molecular complexity index is 584. The molecule has 19 heavy (non-hydrogen) atoms. The molecule has 0 amide bonds. The molecule has 1 unspecified atom stereocenters. The molecule has 1 aromatic carbocycles. The van der Waals surface area contributed by atoms with E-state index in [4.69, 9.17) is 0 Å². The zero-order chi connectivity index (χ0) is 11.2. The quantitative estimate of drug-likeness (QED) is 0.508. The number of rotatable bonds is 0. The molecule has 0 saturated carbocycles. The summed E-state index contributed by atoms with van der Waals surface area (Å²) < 4.78 is 2.71. The van der Waals surface area contributed by atoms with Crippen molar-refractivity contribution in [2.75, 3.05) is 0 Å². The third kappa shape index (κ3) is 2.58. The smallest absolute Gasteiger partial charge is 1.00 e. The van der Waals surface area contributed by atoms with E-state index in [2.05, 4.69) is 42.5 Å². The molecule has 0 fully saturated rings. The normalized spacial score (nSPS) is 21.7. The van der Waals surface area contributed by atoms with Gasteiger partial charge in [0.1, 0.15) is 0 Å². The van der Waals surface area contributed by atoms with Crippen LogP contribution in [0.15, 0.2) is 50.8 Å². The maximum Gasteiger partial charge on any atom is -1.00 e. The first-order valence-electron chi connectivity index (χ1n) is 6.36. The average Bonchev–Trinajstić information content (AvgIpc) is 2.90. The second-order valence-electron chi connectivity index (χ2n) is 5.04. The van der Waals surface area contributed by atoms with Crippen molar-refractivity contribution < 1.29 is 48.0 Å². The Balaban J connectivity index is 0.000000667. The van der Waals surface area contributed by atoms with Gasteiger partial charge in [-0.15, -0.1) is 0 Å². The minimum atomic E-state index is -0.438. The van der Waals surface area contributed by atoms with Gasteiger partial charge in [-0.05, 0) is 0 Å². The van der Waals surface area contributed by atoms with Crippen LogP contribution in [0.1, 0.15) is 34.0 Å². The molecule has 0 aromatic heterocycles. The summed E-state index contributed by atoms with van der Waals surface area (Å²) in [6.45, 7) is 0. The van der Waals surface area contributed by atoms with Crippen molar-refractivity contribution in [2.45, 2.75) is 22.9 Å². The number of halogens is 2. The van der Waals surface area contributed by atoms with Gasteiger partial charge < -0.3 is 24.8 Å². The minimum absolute atomic E-state index is 0. The first-order valence-corrected chi connectivity index (χ1v) is 9.01. The molecule has 1 heterocycles. The fraction of sp³-hybridized carbons (Fsp3) is 0.250. The predicted molar refractivity (Wildman–Crippen MR) is 67.2 cm³/mol. The van der Waals surface area contributed by atoms with Crippen LogP contribution in [0.2, 0.25) is 0 Å². The SMILES string of the molecule is C1=CC2=[C](C1)[Zr+2][CH]1C(=Cc3ccccc31)CC2.[Cl-].[Cl-]. The summed E-state index contributed by atoms with van der Waals surface area (Å²) in [4.78, 5) is 0. The van der Waals surface area contributed by atoms with Crippen molar-refractivity contribution in [3.05, 3.63) is 62.0 Å². The van der Waals surface area contributed by atoms with Gasteiger partial charge in [0.15, 0.2) is 0 Å². The number of hydrogen-bond donors (Lipinski definition) is 0. The molecule has 0 N–H and O–H groups in total. The van der Waals surface area contributed by atoms with E-state index in [1.54, 1.807) is 16.7 Å². The average molecular weight is 368 g/mol.